The lowest BCUT2D eigenvalue weighted by molar-refractivity contribution is -0.156. The van der Waals surface area contributed by atoms with Crippen molar-refractivity contribution in [2.24, 2.45) is 0 Å². The standard InChI is InChI=1S/C24H44N4O7S/c1-23(2,3)34-19(29)16-18(27-22(32)35-24(4,5)6)21(31)26-17(8-15-36-7)20(30)25-9-10-28-11-13-33-14-12-28/h17-18H,8-16H2,1-7H3,(H,25,30)(H,26,31)(H,27,32)/t17-,18-/m0/s1. The van der Waals surface area contributed by atoms with Crippen LogP contribution in [0.25, 0.3) is 0 Å². The molecule has 1 aliphatic rings. The minimum absolute atomic E-state index is 0.320. The molecule has 0 aromatic rings. The van der Waals surface area contributed by atoms with E-state index in [0.717, 1.165) is 13.1 Å². The molecule has 0 unspecified atom stereocenters. The van der Waals surface area contributed by atoms with Crippen LogP contribution in [0.3, 0.4) is 0 Å². The molecule has 1 rings (SSSR count). The van der Waals surface area contributed by atoms with E-state index in [1.807, 2.05) is 6.26 Å². The van der Waals surface area contributed by atoms with Crippen molar-refractivity contribution in [3.05, 3.63) is 0 Å². The third-order valence-electron chi connectivity index (χ3n) is 4.87. The van der Waals surface area contributed by atoms with E-state index >= 15 is 0 Å². The van der Waals surface area contributed by atoms with Crippen LogP contribution >= 0.6 is 11.8 Å². The monoisotopic (exact) mass is 532 g/mol. The maximum absolute atomic E-state index is 13.1. The number of ether oxygens (including phenoxy) is 3. The molecule has 208 valence electrons. The fourth-order valence-electron chi connectivity index (χ4n) is 3.27. The van der Waals surface area contributed by atoms with E-state index in [-0.39, 0.29) is 5.91 Å². The van der Waals surface area contributed by atoms with E-state index < -0.39 is 47.7 Å². The molecule has 3 N–H and O–H groups in total. The summed E-state index contributed by atoms with van der Waals surface area (Å²) in [6, 6.07) is -2.09. The van der Waals surface area contributed by atoms with Gasteiger partial charge in [0.05, 0.1) is 19.6 Å². The number of amides is 3. The molecule has 0 radical (unpaired) electrons. The first-order valence-electron chi connectivity index (χ1n) is 12.3. The molecule has 1 fully saturated rings. The van der Waals surface area contributed by atoms with Gasteiger partial charge in [-0.2, -0.15) is 11.8 Å². The van der Waals surface area contributed by atoms with E-state index in [4.69, 9.17) is 14.2 Å². The second-order valence-corrected chi connectivity index (χ2v) is 11.6. The number of carbonyl (C=O) groups excluding carboxylic acids is 4. The van der Waals surface area contributed by atoms with Crippen LogP contribution in [0.4, 0.5) is 4.79 Å². The Morgan fingerprint density at radius 3 is 2.08 bits per heavy atom. The number of alkyl carbamates (subject to hydrolysis) is 1. The van der Waals surface area contributed by atoms with Crippen molar-refractivity contribution in [2.75, 3.05) is 51.4 Å². The number of rotatable bonds is 12. The summed E-state index contributed by atoms with van der Waals surface area (Å²) in [6.07, 6.45) is 1.05. The van der Waals surface area contributed by atoms with E-state index in [0.29, 0.717) is 38.5 Å². The largest absolute Gasteiger partial charge is 0.460 e. The first-order valence-corrected chi connectivity index (χ1v) is 13.7. The van der Waals surface area contributed by atoms with E-state index in [2.05, 4.69) is 20.9 Å². The Morgan fingerprint density at radius 2 is 1.53 bits per heavy atom. The van der Waals surface area contributed by atoms with Gasteiger partial charge in [0.1, 0.15) is 23.3 Å². The van der Waals surface area contributed by atoms with Crippen LogP contribution < -0.4 is 16.0 Å². The van der Waals surface area contributed by atoms with Crippen LogP contribution in [0.2, 0.25) is 0 Å². The van der Waals surface area contributed by atoms with Crippen LogP contribution in [-0.2, 0) is 28.6 Å². The van der Waals surface area contributed by atoms with Crippen molar-refractivity contribution in [1.29, 1.82) is 0 Å². The molecule has 0 bridgehead atoms. The SMILES string of the molecule is CSCC[C@H](NC(=O)[C@H](CC(=O)OC(C)(C)C)NC(=O)OC(C)(C)C)C(=O)NCCN1CCOCC1. The summed E-state index contributed by atoms with van der Waals surface area (Å²) in [5, 5.41) is 8.03. The Balaban J connectivity index is 2.85. The van der Waals surface area contributed by atoms with Crippen molar-refractivity contribution < 1.29 is 33.4 Å². The quantitative estimate of drug-likeness (QED) is 0.318. The van der Waals surface area contributed by atoms with Gasteiger partial charge in [-0.25, -0.2) is 4.79 Å². The maximum atomic E-state index is 13.1. The van der Waals surface area contributed by atoms with Gasteiger partial charge < -0.3 is 30.2 Å². The number of nitrogens with zero attached hydrogens (tertiary/aromatic N) is 1. The summed E-state index contributed by atoms with van der Waals surface area (Å²) in [5.41, 5.74) is -1.55. The zero-order valence-corrected chi connectivity index (χ0v) is 23.5. The predicted octanol–water partition coefficient (Wildman–Crippen LogP) is 1.30. The van der Waals surface area contributed by atoms with Gasteiger partial charge in [0, 0.05) is 26.2 Å². The summed E-state index contributed by atoms with van der Waals surface area (Å²) >= 11 is 1.55. The highest BCUT2D eigenvalue weighted by Gasteiger charge is 2.31. The van der Waals surface area contributed by atoms with Crippen LogP contribution in [0.5, 0.6) is 0 Å². The van der Waals surface area contributed by atoms with Gasteiger partial charge >= 0.3 is 12.1 Å². The number of nitrogens with one attached hydrogen (secondary N) is 3. The highest BCUT2D eigenvalue weighted by atomic mass is 32.2. The summed E-state index contributed by atoms with van der Waals surface area (Å²) in [7, 11) is 0. The fourth-order valence-corrected chi connectivity index (χ4v) is 3.74. The smallest absolute Gasteiger partial charge is 0.408 e. The van der Waals surface area contributed by atoms with Crippen molar-refractivity contribution in [2.45, 2.75) is 77.7 Å². The Morgan fingerprint density at radius 1 is 0.917 bits per heavy atom. The topological polar surface area (TPSA) is 135 Å². The summed E-state index contributed by atoms with van der Waals surface area (Å²) in [5.74, 6) is -1.01. The average Bonchev–Trinajstić information content (AvgIpc) is 2.74. The first kappa shape index (κ1) is 32.0. The van der Waals surface area contributed by atoms with Gasteiger partial charge in [-0.1, -0.05) is 0 Å². The van der Waals surface area contributed by atoms with Gasteiger partial charge in [-0.15, -0.1) is 0 Å². The molecule has 1 saturated heterocycles. The lowest BCUT2D eigenvalue weighted by Gasteiger charge is -2.27. The Hall–Kier alpha value is -2.05. The Bertz CT molecular complexity index is 701. The Labute approximate surface area is 219 Å². The van der Waals surface area contributed by atoms with Crippen molar-refractivity contribution in [1.82, 2.24) is 20.9 Å². The lowest BCUT2D eigenvalue weighted by Crippen LogP contribution is -2.55. The van der Waals surface area contributed by atoms with E-state index in [1.165, 1.54) is 0 Å². The van der Waals surface area contributed by atoms with Crippen molar-refractivity contribution >= 4 is 35.6 Å². The maximum Gasteiger partial charge on any atom is 0.408 e. The Kier molecular flexibility index (Phi) is 13.6. The average molecular weight is 533 g/mol. The normalized spacial score (nSPS) is 16.4. The summed E-state index contributed by atoms with van der Waals surface area (Å²) in [6.45, 7) is 14.3. The van der Waals surface area contributed by atoms with E-state index in [1.54, 1.807) is 53.3 Å². The number of thioether (sulfide) groups is 1. The van der Waals surface area contributed by atoms with Crippen LogP contribution in [-0.4, -0.2) is 103 Å². The van der Waals surface area contributed by atoms with Gasteiger partial charge in [0.15, 0.2) is 0 Å². The molecule has 0 saturated carbocycles. The molecule has 0 aliphatic carbocycles. The van der Waals surface area contributed by atoms with Gasteiger partial charge in [-0.05, 0) is 60.0 Å². The molecular weight excluding hydrogens is 488 g/mol. The van der Waals surface area contributed by atoms with Crippen molar-refractivity contribution in [3.63, 3.8) is 0 Å². The highest BCUT2D eigenvalue weighted by molar-refractivity contribution is 7.98. The zero-order chi connectivity index (χ0) is 27.4. The van der Waals surface area contributed by atoms with Crippen LogP contribution in [0, 0.1) is 0 Å². The van der Waals surface area contributed by atoms with E-state index in [9.17, 15) is 19.2 Å². The third-order valence-corrected chi connectivity index (χ3v) is 5.52. The molecule has 12 heteroatoms. The lowest BCUT2D eigenvalue weighted by atomic mass is 10.1. The number of carbonyl (C=O) groups is 4. The number of hydrogen-bond acceptors (Lipinski definition) is 9. The van der Waals surface area contributed by atoms with Gasteiger partial charge in [0.2, 0.25) is 11.8 Å². The van der Waals surface area contributed by atoms with Gasteiger partial charge in [0.25, 0.3) is 0 Å². The molecular formula is C24H44N4O7S. The first-order chi connectivity index (χ1) is 16.7. The number of hydrogen-bond donors (Lipinski definition) is 3. The minimum Gasteiger partial charge on any atom is -0.460 e. The van der Waals surface area contributed by atoms with Gasteiger partial charge in [-0.3, -0.25) is 19.3 Å². The summed E-state index contributed by atoms with van der Waals surface area (Å²) < 4.78 is 15.9. The number of esters is 1. The van der Waals surface area contributed by atoms with Crippen LogP contribution in [0.1, 0.15) is 54.4 Å². The second-order valence-electron chi connectivity index (χ2n) is 10.6. The molecule has 0 spiro atoms. The highest BCUT2D eigenvalue weighted by Crippen LogP contribution is 2.12. The fraction of sp³-hybridized carbons (Fsp3) is 0.833. The predicted molar refractivity (Wildman–Crippen MR) is 139 cm³/mol. The second kappa shape index (κ2) is 15.3. The third kappa shape index (κ3) is 14.5. The molecule has 1 aliphatic heterocycles. The molecule has 0 aromatic carbocycles. The van der Waals surface area contributed by atoms with Crippen LogP contribution in [0.15, 0.2) is 0 Å². The molecule has 0 aromatic heterocycles. The molecule has 1 heterocycles. The summed E-state index contributed by atoms with van der Waals surface area (Å²) in [4.78, 5) is 53.0. The minimum atomic E-state index is -1.27. The zero-order valence-electron chi connectivity index (χ0n) is 22.7. The molecule has 2 atom stereocenters. The molecule has 11 nitrogen and oxygen atoms in total. The van der Waals surface area contributed by atoms with Crippen molar-refractivity contribution in [3.8, 4) is 0 Å². The number of morpholine rings is 1. The molecule has 3 amide bonds. The molecule has 36 heavy (non-hydrogen) atoms.